The minimum Gasteiger partial charge on any atom is -0.504 e. The first-order valence-electron chi connectivity index (χ1n) is 4.75. The van der Waals surface area contributed by atoms with E-state index in [1.807, 2.05) is 0 Å². The number of aromatic hydroxyl groups is 1. The van der Waals surface area contributed by atoms with E-state index in [4.69, 9.17) is 9.52 Å². The Bertz CT molecular complexity index is 666. The molecule has 0 fully saturated rings. The fraction of sp³-hybridized carbons (Fsp3) is 0. The molecule has 0 amide bonds. The SMILES string of the molecule is O=C(O)C=Cc1oc(=O)c2ccccc2c1O. The average molecular weight is 232 g/mol. The maximum absolute atomic E-state index is 11.5. The largest absolute Gasteiger partial charge is 0.504 e. The van der Waals surface area contributed by atoms with Gasteiger partial charge < -0.3 is 14.6 Å². The van der Waals surface area contributed by atoms with Crippen molar-refractivity contribution < 1.29 is 19.4 Å². The number of aliphatic carboxylic acids is 1. The molecule has 0 aliphatic heterocycles. The van der Waals surface area contributed by atoms with Crippen LogP contribution in [0.3, 0.4) is 0 Å². The predicted molar refractivity (Wildman–Crippen MR) is 60.8 cm³/mol. The summed E-state index contributed by atoms with van der Waals surface area (Å²) in [6.07, 6.45) is 1.82. The fourth-order valence-corrected chi connectivity index (χ4v) is 1.46. The number of fused-ring (bicyclic) bond motifs is 1. The van der Waals surface area contributed by atoms with E-state index >= 15 is 0 Å². The van der Waals surface area contributed by atoms with Crippen molar-refractivity contribution in [1.29, 1.82) is 0 Å². The highest BCUT2D eigenvalue weighted by atomic mass is 16.4. The number of carboxylic acid groups (broad SMARTS) is 1. The third kappa shape index (κ3) is 2.03. The first-order valence-corrected chi connectivity index (χ1v) is 4.75. The molecular weight excluding hydrogens is 224 g/mol. The summed E-state index contributed by atoms with van der Waals surface area (Å²) >= 11 is 0. The zero-order valence-corrected chi connectivity index (χ0v) is 8.58. The lowest BCUT2D eigenvalue weighted by molar-refractivity contribution is -0.131. The van der Waals surface area contributed by atoms with Gasteiger partial charge in [0.1, 0.15) is 0 Å². The van der Waals surface area contributed by atoms with Crippen molar-refractivity contribution in [3.8, 4) is 5.75 Å². The third-order valence-corrected chi connectivity index (χ3v) is 2.22. The maximum atomic E-state index is 11.5. The number of hydrogen-bond acceptors (Lipinski definition) is 4. The predicted octanol–water partition coefficient (Wildman–Crippen LogP) is 1.60. The Morgan fingerprint density at radius 2 is 1.88 bits per heavy atom. The molecule has 86 valence electrons. The molecule has 5 heteroatoms. The van der Waals surface area contributed by atoms with Gasteiger partial charge in [0.15, 0.2) is 11.5 Å². The second kappa shape index (κ2) is 4.13. The Morgan fingerprint density at radius 3 is 2.53 bits per heavy atom. The van der Waals surface area contributed by atoms with E-state index < -0.39 is 11.6 Å². The van der Waals surface area contributed by atoms with Crippen molar-refractivity contribution in [1.82, 2.24) is 0 Å². The minimum atomic E-state index is -1.19. The smallest absolute Gasteiger partial charge is 0.344 e. The molecule has 2 rings (SSSR count). The molecule has 0 aliphatic carbocycles. The second-order valence-corrected chi connectivity index (χ2v) is 3.32. The summed E-state index contributed by atoms with van der Waals surface area (Å²) in [6.45, 7) is 0. The maximum Gasteiger partial charge on any atom is 0.344 e. The molecule has 1 aromatic carbocycles. The number of hydrogen-bond donors (Lipinski definition) is 2. The van der Waals surface area contributed by atoms with E-state index in [0.717, 1.165) is 12.2 Å². The molecule has 0 radical (unpaired) electrons. The molecule has 5 nitrogen and oxygen atoms in total. The Kier molecular flexibility index (Phi) is 2.66. The van der Waals surface area contributed by atoms with Crippen molar-refractivity contribution >= 4 is 22.8 Å². The van der Waals surface area contributed by atoms with Crippen LogP contribution in [0.15, 0.2) is 39.6 Å². The molecule has 17 heavy (non-hydrogen) atoms. The van der Waals surface area contributed by atoms with Crippen molar-refractivity contribution in [2.45, 2.75) is 0 Å². The summed E-state index contributed by atoms with van der Waals surface area (Å²) < 4.78 is 4.82. The van der Waals surface area contributed by atoms with Gasteiger partial charge >= 0.3 is 11.6 Å². The van der Waals surface area contributed by atoms with Crippen molar-refractivity contribution in [3.63, 3.8) is 0 Å². The summed E-state index contributed by atoms with van der Waals surface area (Å²) in [5.74, 6) is -1.62. The van der Waals surface area contributed by atoms with E-state index in [-0.39, 0.29) is 16.9 Å². The zero-order valence-electron chi connectivity index (χ0n) is 8.58. The van der Waals surface area contributed by atoms with Gasteiger partial charge in [0.05, 0.1) is 5.39 Å². The quantitative estimate of drug-likeness (QED) is 0.768. The third-order valence-electron chi connectivity index (χ3n) is 2.22. The number of carbonyl (C=O) groups is 1. The summed E-state index contributed by atoms with van der Waals surface area (Å²) in [5, 5.41) is 18.8. The summed E-state index contributed by atoms with van der Waals surface area (Å²) in [4.78, 5) is 21.9. The standard InChI is InChI=1S/C12H8O5/c13-10(14)6-5-9-11(15)7-3-1-2-4-8(7)12(16)17-9/h1-6,15H,(H,13,14). The Hall–Kier alpha value is -2.56. The molecule has 1 aromatic heterocycles. The average Bonchev–Trinajstić information content (AvgIpc) is 2.32. The minimum absolute atomic E-state index is 0.170. The molecule has 2 N–H and O–H groups in total. The molecule has 0 spiro atoms. The summed E-state index contributed by atoms with van der Waals surface area (Å²) in [7, 11) is 0. The lowest BCUT2D eigenvalue weighted by Crippen LogP contribution is -2.00. The highest BCUT2D eigenvalue weighted by Gasteiger charge is 2.10. The van der Waals surface area contributed by atoms with Gasteiger partial charge in [-0.2, -0.15) is 0 Å². The normalized spacial score (nSPS) is 11.1. The highest BCUT2D eigenvalue weighted by molar-refractivity contribution is 5.91. The van der Waals surface area contributed by atoms with Gasteiger partial charge in [-0.05, 0) is 12.1 Å². The van der Waals surface area contributed by atoms with E-state index in [1.54, 1.807) is 18.2 Å². The van der Waals surface area contributed by atoms with Crippen molar-refractivity contribution in [3.05, 3.63) is 46.5 Å². The van der Waals surface area contributed by atoms with Gasteiger partial charge in [0.2, 0.25) is 0 Å². The Balaban J connectivity index is 2.71. The zero-order chi connectivity index (χ0) is 12.4. The van der Waals surface area contributed by atoms with Crippen LogP contribution < -0.4 is 5.63 Å². The van der Waals surface area contributed by atoms with Crippen LogP contribution in [0.5, 0.6) is 5.75 Å². The first-order chi connectivity index (χ1) is 8.09. The van der Waals surface area contributed by atoms with Gasteiger partial charge in [-0.15, -0.1) is 0 Å². The number of carboxylic acids is 1. The molecular formula is C12H8O5. The summed E-state index contributed by atoms with van der Waals surface area (Å²) in [5.41, 5.74) is -0.622. The van der Waals surface area contributed by atoms with E-state index in [1.165, 1.54) is 6.07 Å². The molecule has 0 saturated heterocycles. The van der Waals surface area contributed by atoms with Crippen LogP contribution in [0, 0.1) is 0 Å². The fourth-order valence-electron chi connectivity index (χ4n) is 1.46. The first kappa shape index (κ1) is 10.9. The Labute approximate surface area is 95.2 Å². The second-order valence-electron chi connectivity index (χ2n) is 3.32. The van der Waals surface area contributed by atoms with Crippen LogP contribution in [0.2, 0.25) is 0 Å². The van der Waals surface area contributed by atoms with E-state index in [2.05, 4.69) is 0 Å². The van der Waals surface area contributed by atoms with Gasteiger partial charge in [-0.3, -0.25) is 0 Å². The molecule has 0 unspecified atom stereocenters. The van der Waals surface area contributed by atoms with Gasteiger partial charge in [0, 0.05) is 11.5 Å². The molecule has 0 aliphatic rings. The lowest BCUT2D eigenvalue weighted by Gasteiger charge is -2.01. The van der Waals surface area contributed by atoms with Crippen LogP contribution >= 0.6 is 0 Å². The summed E-state index contributed by atoms with van der Waals surface area (Å²) in [6, 6.07) is 6.38. The Morgan fingerprint density at radius 1 is 1.24 bits per heavy atom. The lowest BCUT2D eigenvalue weighted by atomic mass is 10.1. The van der Waals surface area contributed by atoms with Crippen LogP contribution in [0.4, 0.5) is 0 Å². The monoisotopic (exact) mass is 232 g/mol. The van der Waals surface area contributed by atoms with Crippen molar-refractivity contribution in [2.75, 3.05) is 0 Å². The number of rotatable bonds is 2. The molecule has 0 bridgehead atoms. The molecule has 0 atom stereocenters. The van der Waals surface area contributed by atoms with Gasteiger partial charge in [-0.1, -0.05) is 18.2 Å². The van der Waals surface area contributed by atoms with Crippen molar-refractivity contribution in [2.24, 2.45) is 0 Å². The number of benzene rings is 1. The molecule has 2 aromatic rings. The molecule has 1 heterocycles. The van der Waals surface area contributed by atoms with Gasteiger partial charge in [0.25, 0.3) is 0 Å². The molecule has 0 saturated carbocycles. The topological polar surface area (TPSA) is 87.7 Å². The van der Waals surface area contributed by atoms with Crippen LogP contribution in [0.1, 0.15) is 5.76 Å². The van der Waals surface area contributed by atoms with E-state index in [9.17, 15) is 14.7 Å². The highest BCUT2D eigenvalue weighted by Crippen LogP contribution is 2.26. The van der Waals surface area contributed by atoms with Gasteiger partial charge in [-0.25, -0.2) is 9.59 Å². The van der Waals surface area contributed by atoms with Crippen LogP contribution in [-0.4, -0.2) is 16.2 Å². The van der Waals surface area contributed by atoms with Crippen LogP contribution in [0.25, 0.3) is 16.8 Å². The van der Waals surface area contributed by atoms with Crippen LogP contribution in [-0.2, 0) is 4.79 Å². The van der Waals surface area contributed by atoms with E-state index in [0.29, 0.717) is 5.39 Å².